The average molecular weight is 419 g/mol. The number of Topliss-reactive ketones (excluding diaryl/α,β-unsaturated/α-hetero) is 1. The highest BCUT2D eigenvalue weighted by Gasteiger charge is 2.29. The standard InChI is InChI=1S/C23H22N4O2S/c28-21(11-14-27-15-24-17-5-1-3-7-19(17)27)26-12-9-16(10-13-26)22(29)23-25-18-6-2-4-8-20(18)30-23/h1-8,15-16H,9-14H2. The minimum atomic E-state index is -0.0489. The molecule has 152 valence electrons. The van der Waals surface area contributed by atoms with Crippen LogP contribution in [0.3, 0.4) is 0 Å². The van der Waals surface area contributed by atoms with E-state index in [1.54, 1.807) is 6.33 Å². The molecule has 0 unspecified atom stereocenters. The number of piperidine rings is 1. The summed E-state index contributed by atoms with van der Waals surface area (Å²) in [5.74, 6) is 0.207. The first-order chi connectivity index (χ1) is 14.7. The van der Waals surface area contributed by atoms with Crippen LogP contribution in [0.5, 0.6) is 0 Å². The first kappa shape index (κ1) is 18.9. The number of hydrogen-bond donors (Lipinski definition) is 0. The summed E-state index contributed by atoms with van der Waals surface area (Å²) in [6.45, 7) is 1.87. The highest BCUT2D eigenvalue weighted by molar-refractivity contribution is 7.20. The van der Waals surface area contributed by atoms with Gasteiger partial charge in [0.25, 0.3) is 0 Å². The van der Waals surface area contributed by atoms with Gasteiger partial charge in [-0.15, -0.1) is 11.3 Å². The number of amides is 1. The number of benzene rings is 2. The van der Waals surface area contributed by atoms with E-state index < -0.39 is 0 Å². The Kier molecular flexibility index (Phi) is 5.04. The molecule has 1 saturated heterocycles. The third-order valence-electron chi connectivity index (χ3n) is 5.82. The molecule has 0 spiro atoms. The molecular weight excluding hydrogens is 396 g/mol. The number of thiazole rings is 1. The van der Waals surface area contributed by atoms with Crippen LogP contribution in [-0.4, -0.2) is 44.2 Å². The van der Waals surface area contributed by atoms with Gasteiger partial charge in [-0.2, -0.15) is 0 Å². The molecule has 7 heteroatoms. The van der Waals surface area contributed by atoms with Gasteiger partial charge in [-0.1, -0.05) is 24.3 Å². The Labute approximate surface area is 178 Å². The summed E-state index contributed by atoms with van der Waals surface area (Å²) in [7, 11) is 0. The molecular formula is C23H22N4O2S. The molecule has 4 aromatic rings. The predicted molar refractivity (Wildman–Crippen MR) is 118 cm³/mol. The third kappa shape index (κ3) is 3.61. The van der Waals surface area contributed by atoms with Gasteiger partial charge in [0.05, 0.1) is 27.6 Å². The van der Waals surface area contributed by atoms with Crippen molar-refractivity contribution in [1.29, 1.82) is 0 Å². The molecule has 2 aromatic heterocycles. The number of nitrogens with zero attached hydrogens (tertiary/aromatic N) is 4. The van der Waals surface area contributed by atoms with Crippen LogP contribution >= 0.6 is 11.3 Å². The summed E-state index contributed by atoms with van der Waals surface area (Å²) >= 11 is 1.46. The van der Waals surface area contributed by atoms with E-state index in [1.165, 1.54) is 11.3 Å². The van der Waals surface area contributed by atoms with Crippen molar-refractivity contribution in [3.63, 3.8) is 0 Å². The molecule has 0 N–H and O–H groups in total. The van der Waals surface area contributed by atoms with Gasteiger partial charge in [0.15, 0.2) is 10.8 Å². The number of aromatic nitrogens is 3. The molecule has 6 nitrogen and oxygen atoms in total. The second kappa shape index (κ2) is 7.99. The number of fused-ring (bicyclic) bond motifs is 2. The molecule has 0 radical (unpaired) electrons. The first-order valence-electron chi connectivity index (χ1n) is 10.3. The second-order valence-electron chi connectivity index (χ2n) is 7.68. The van der Waals surface area contributed by atoms with Crippen molar-refractivity contribution >= 4 is 44.3 Å². The lowest BCUT2D eigenvalue weighted by molar-refractivity contribution is -0.132. The van der Waals surface area contributed by atoms with E-state index >= 15 is 0 Å². The molecule has 0 bridgehead atoms. The summed E-state index contributed by atoms with van der Waals surface area (Å²) in [4.78, 5) is 36.3. The topological polar surface area (TPSA) is 68.1 Å². The number of ketones is 1. The van der Waals surface area contributed by atoms with Gasteiger partial charge in [-0.05, 0) is 37.1 Å². The smallest absolute Gasteiger partial charge is 0.224 e. The minimum Gasteiger partial charge on any atom is -0.343 e. The first-order valence-corrected chi connectivity index (χ1v) is 11.1. The van der Waals surface area contributed by atoms with Gasteiger partial charge < -0.3 is 9.47 Å². The van der Waals surface area contributed by atoms with E-state index in [1.807, 2.05) is 58.0 Å². The van der Waals surface area contributed by atoms with Crippen LogP contribution in [0.1, 0.15) is 29.1 Å². The predicted octanol–water partition coefficient (Wildman–Crippen LogP) is 4.16. The highest BCUT2D eigenvalue weighted by Crippen LogP contribution is 2.27. The van der Waals surface area contributed by atoms with E-state index in [9.17, 15) is 9.59 Å². The molecule has 0 atom stereocenters. The fraction of sp³-hybridized carbons (Fsp3) is 0.304. The Morgan fingerprint density at radius 2 is 1.73 bits per heavy atom. The van der Waals surface area contributed by atoms with Crippen LogP contribution in [0.25, 0.3) is 21.3 Å². The number of para-hydroxylation sites is 3. The Bertz CT molecular complexity index is 1190. The van der Waals surface area contributed by atoms with Crippen LogP contribution < -0.4 is 0 Å². The fourth-order valence-corrected chi connectivity index (χ4v) is 5.09. The summed E-state index contributed by atoms with van der Waals surface area (Å²) in [6.07, 6.45) is 3.64. The molecule has 1 amide bonds. The zero-order valence-corrected chi connectivity index (χ0v) is 17.3. The Balaban J connectivity index is 1.17. The SMILES string of the molecule is O=C(c1nc2ccccc2s1)C1CCN(C(=O)CCn2cnc3ccccc32)CC1. The number of carbonyl (C=O) groups excluding carboxylic acids is 2. The van der Waals surface area contributed by atoms with Gasteiger partial charge in [-0.25, -0.2) is 9.97 Å². The number of carbonyl (C=O) groups is 2. The Morgan fingerprint density at radius 3 is 2.53 bits per heavy atom. The fourth-order valence-electron chi connectivity index (χ4n) is 4.11. The van der Waals surface area contributed by atoms with Crippen LogP contribution in [0.2, 0.25) is 0 Å². The van der Waals surface area contributed by atoms with E-state index in [2.05, 4.69) is 9.97 Å². The van der Waals surface area contributed by atoms with Crippen molar-refractivity contribution in [2.24, 2.45) is 5.92 Å². The van der Waals surface area contributed by atoms with E-state index in [0.717, 1.165) is 21.3 Å². The van der Waals surface area contributed by atoms with Gasteiger partial charge in [0.1, 0.15) is 0 Å². The zero-order chi connectivity index (χ0) is 20.5. The molecule has 3 heterocycles. The van der Waals surface area contributed by atoms with Crippen molar-refractivity contribution in [2.45, 2.75) is 25.8 Å². The van der Waals surface area contributed by atoms with Crippen LogP contribution in [0.15, 0.2) is 54.9 Å². The number of rotatable bonds is 5. The van der Waals surface area contributed by atoms with Crippen LogP contribution in [0.4, 0.5) is 0 Å². The van der Waals surface area contributed by atoms with Gasteiger partial charge >= 0.3 is 0 Å². The molecule has 2 aromatic carbocycles. The summed E-state index contributed by atoms with van der Waals surface area (Å²) < 4.78 is 3.07. The molecule has 30 heavy (non-hydrogen) atoms. The second-order valence-corrected chi connectivity index (χ2v) is 8.71. The summed E-state index contributed by atoms with van der Waals surface area (Å²) in [6, 6.07) is 15.8. The lowest BCUT2D eigenvalue weighted by Gasteiger charge is -2.31. The normalized spacial score (nSPS) is 15.1. The average Bonchev–Trinajstić information content (AvgIpc) is 3.41. The van der Waals surface area contributed by atoms with Crippen LogP contribution in [-0.2, 0) is 11.3 Å². The number of aryl methyl sites for hydroxylation is 1. The summed E-state index contributed by atoms with van der Waals surface area (Å²) in [5.41, 5.74) is 2.87. The molecule has 1 aliphatic heterocycles. The molecule has 5 rings (SSSR count). The Hall–Kier alpha value is -3.06. The Morgan fingerprint density at radius 1 is 1.00 bits per heavy atom. The van der Waals surface area contributed by atoms with Crippen molar-refractivity contribution in [2.75, 3.05) is 13.1 Å². The van der Waals surface area contributed by atoms with Crippen molar-refractivity contribution in [3.8, 4) is 0 Å². The number of imidazole rings is 1. The van der Waals surface area contributed by atoms with Crippen molar-refractivity contribution < 1.29 is 9.59 Å². The summed E-state index contributed by atoms with van der Waals surface area (Å²) in [5, 5.41) is 0.591. The maximum Gasteiger partial charge on any atom is 0.224 e. The lowest BCUT2D eigenvalue weighted by atomic mass is 9.92. The minimum absolute atomic E-state index is 0.0489. The molecule has 1 aliphatic rings. The third-order valence-corrected chi connectivity index (χ3v) is 6.87. The van der Waals surface area contributed by atoms with Crippen molar-refractivity contribution in [1.82, 2.24) is 19.4 Å². The van der Waals surface area contributed by atoms with Gasteiger partial charge in [0, 0.05) is 32.0 Å². The zero-order valence-electron chi connectivity index (χ0n) is 16.5. The quantitative estimate of drug-likeness (QED) is 0.457. The molecule has 1 fully saturated rings. The monoisotopic (exact) mass is 418 g/mol. The van der Waals surface area contributed by atoms with E-state index in [0.29, 0.717) is 43.9 Å². The molecule has 0 aliphatic carbocycles. The number of likely N-dealkylation sites (tertiary alicyclic amines) is 1. The van der Waals surface area contributed by atoms with Gasteiger partial charge in [0.2, 0.25) is 5.91 Å². The lowest BCUT2D eigenvalue weighted by Crippen LogP contribution is -2.40. The highest BCUT2D eigenvalue weighted by atomic mass is 32.1. The van der Waals surface area contributed by atoms with Gasteiger partial charge in [-0.3, -0.25) is 9.59 Å². The van der Waals surface area contributed by atoms with E-state index in [-0.39, 0.29) is 17.6 Å². The molecule has 0 saturated carbocycles. The van der Waals surface area contributed by atoms with Crippen molar-refractivity contribution in [3.05, 3.63) is 59.9 Å². The maximum absolute atomic E-state index is 12.9. The number of hydrogen-bond acceptors (Lipinski definition) is 5. The van der Waals surface area contributed by atoms with Crippen LogP contribution in [0, 0.1) is 5.92 Å². The largest absolute Gasteiger partial charge is 0.343 e. The van der Waals surface area contributed by atoms with E-state index in [4.69, 9.17) is 0 Å². The maximum atomic E-state index is 12.9.